The molecule has 2 aromatic rings. The molecule has 0 aromatic heterocycles. The Morgan fingerprint density at radius 2 is 1.69 bits per heavy atom. The van der Waals surface area contributed by atoms with Crippen molar-refractivity contribution in [3.63, 3.8) is 0 Å². The molecule has 26 heavy (non-hydrogen) atoms. The molecule has 1 aliphatic rings. The van der Waals surface area contributed by atoms with Gasteiger partial charge < -0.3 is 4.90 Å². The number of carbonyl (C=O) groups is 1. The third-order valence-electron chi connectivity index (χ3n) is 4.65. The van der Waals surface area contributed by atoms with Gasteiger partial charge in [0.2, 0.25) is 0 Å². The van der Waals surface area contributed by atoms with Gasteiger partial charge in [-0.25, -0.2) is 5.48 Å². The van der Waals surface area contributed by atoms with Crippen LogP contribution in [0.25, 0.3) is 6.08 Å². The number of anilines is 1. The van der Waals surface area contributed by atoms with Crippen LogP contribution in [0.3, 0.4) is 0 Å². The van der Waals surface area contributed by atoms with Gasteiger partial charge >= 0.3 is 0 Å². The Morgan fingerprint density at radius 1 is 1.04 bits per heavy atom. The van der Waals surface area contributed by atoms with Crippen LogP contribution in [0.1, 0.15) is 22.8 Å². The molecule has 0 saturated carbocycles. The lowest BCUT2D eigenvalue weighted by Crippen LogP contribution is -2.46. The fourth-order valence-electron chi connectivity index (χ4n) is 3.28. The van der Waals surface area contributed by atoms with Gasteiger partial charge in [0.15, 0.2) is 0 Å². The van der Waals surface area contributed by atoms with E-state index in [2.05, 4.69) is 53.1 Å². The number of para-hydroxylation sites is 1. The summed E-state index contributed by atoms with van der Waals surface area (Å²) in [6.07, 6.45) is 2.14. The van der Waals surface area contributed by atoms with Crippen LogP contribution in [-0.4, -0.2) is 48.7 Å². The highest BCUT2D eigenvalue weighted by Gasteiger charge is 2.16. The number of hydroxylamine groups is 1. The zero-order valence-corrected chi connectivity index (χ0v) is 15.1. The highest BCUT2D eigenvalue weighted by molar-refractivity contribution is 5.93. The first kappa shape index (κ1) is 18.2. The van der Waals surface area contributed by atoms with Gasteiger partial charge in [-0.1, -0.05) is 42.0 Å². The molecule has 0 spiro atoms. The van der Waals surface area contributed by atoms with Crippen LogP contribution in [0.2, 0.25) is 0 Å². The summed E-state index contributed by atoms with van der Waals surface area (Å²) in [5.41, 5.74) is 5.73. The number of carbonyl (C=O) groups excluding carboxylic acids is 1. The van der Waals surface area contributed by atoms with Gasteiger partial charge in [0, 0.05) is 44.0 Å². The molecular weight excluding hydrogens is 326 g/mol. The van der Waals surface area contributed by atoms with Crippen molar-refractivity contribution in [1.29, 1.82) is 0 Å². The molecule has 5 nitrogen and oxygen atoms in total. The molecular formula is C21H25N3O2. The third kappa shape index (κ3) is 4.71. The number of piperazine rings is 1. The van der Waals surface area contributed by atoms with E-state index in [-0.39, 0.29) is 0 Å². The zero-order valence-electron chi connectivity index (χ0n) is 15.1. The smallest absolute Gasteiger partial charge is 0.274 e. The van der Waals surface area contributed by atoms with Crippen molar-refractivity contribution < 1.29 is 10.0 Å². The summed E-state index contributed by atoms with van der Waals surface area (Å²) >= 11 is 0. The maximum Gasteiger partial charge on any atom is 0.274 e. The van der Waals surface area contributed by atoms with E-state index < -0.39 is 5.91 Å². The third-order valence-corrected chi connectivity index (χ3v) is 4.65. The van der Waals surface area contributed by atoms with Gasteiger partial charge in [0.05, 0.1) is 0 Å². The highest BCUT2D eigenvalue weighted by atomic mass is 16.5. The van der Waals surface area contributed by atoms with Gasteiger partial charge in [-0.2, -0.15) is 0 Å². The Hall–Kier alpha value is -2.63. The molecule has 2 N–H and O–H groups in total. The molecule has 136 valence electrons. The Bertz CT molecular complexity index is 749. The van der Waals surface area contributed by atoms with E-state index in [0.29, 0.717) is 5.56 Å². The first-order valence-electron chi connectivity index (χ1n) is 8.90. The van der Waals surface area contributed by atoms with Gasteiger partial charge in [0.1, 0.15) is 0 Å². The Kier molecular flexibility index (Phi) is 6.04. The van der Waals surface area contributed by atoms with E-state index in [9.17, 15) is 4.79 Å². The number of nitrogens with one attached hydrogen (secondary N) is 1. The molecule has 1 amide bonds. The summed E-state index contributed by atoms with van der Waals surface area (Å²) in [4.78, 5) is 16.3. The van der Waals surface area contributed by atoms with E-state index in [0.717, 1.165) is 38.3 Å². The number of hydrogen-bond acceptors (Lipinski definition) is 4. The van der Waals surface area contributed by atoms with Gasteiger partial charge in [0.25, 0.3) is 5.91 Å². The largest absolute Gasteiger partial charge is 0.369 e. The summed E-state index contributed by atoms with van der Waals surface area (Å²) in [7, 11) is 0. The molecule has 0 unspecified atom stereocenters. The molecule has 1 heterocycles. The van der Waals surface area contributed by atoms with Gasteiger partial charge in [-0.15, -0.1) is 0 Å². The molecule has 0 aliphatic carbocycles. The number of nitrogens with zero attached hydrogens (tertiary/aromatic N) is 2. The van der Waals surface area contributed by atoms with Crippen LogP contribution < -0.4 is 10.4 Å². The zero-order chi connectivity index (χ0) is 18.4. The standard InChI is InChI=1S/C21H25N3O2/c1-17(15-18-7-9-19(10-8-18)21(25)22-26)16-23-11-13-24(14-12-23)20-5-3-2-4-6-20/h2-10,15,26H,11-14,16H2,1H3,(H,22,25). The van der Waals surface area contributed by atoms with Crippen molar-refractivity contribution in [3.8, 4) is 0 Å². The van der Waals surface area contributed by atoms with E-state index in [4.69, 9.17) is 5.21 Å². The van der Waals surface area contributed by atoms with Crippen molar-refractivity contribution in [2.45, 2.75) is 6.92 Å². The fourth-order valence-corrected chi connectivity index (χ4v) is 3.28. The minimum absolute atomic E-state index is 0.444. The summed E-state index contributed by atoms with van der Waals surface area (Å²) in [5.74, 6) is -0.492. The van der Waals surface area contributed by atoms with Crippen LogP contribution in [0.15, 0.2) is 60.2 Å². The molecule has 1 saturated heterocycles. The fraction of sp³-hybridized carbons (Fsp3) is 0.286. The maximum atomic E-state index is 11.4. The molecule has 0 radical (unpaired) electrons. The van der Waals surface area contributed by atoms with Crippen LogP contribution in [0.4, 0.5) is 5.69 Å². The van der Waals surface area contributed by atoms with Gasteiger partial charge in [-0.05, 0) is 36.8 Å². The Labute approximate surface area is 154 Å². The van der Waals surface area contributed by atoms with Crippen molar-refractivity contribution in [2.75, 3.05) is 37.6 Å². The molecule has 0 bridgehead atoms. The SMILES string of the molecule is CC(=Cc1ccc(C(=O)NO)cc1)CN1CCN(c2ccccc2)CC1. The van der Waals surface area contributed by atoms with Crippen LogP contribution >= 0.6 is 0 Å². The van der Waals surface area contributed by atoms with Crippen LogP contribution in [-0.2, 0) is 0 Å². The maximum absolute atomic E-state index is 11.4. The normalized spacial score (nSPS) is 15.8. The quantitative estimate of drug-likeness (QED) is 0.642. The monoisotopic (exact) mass is 351 g/mol. The van der Waals surface area contributed by atoms with Gasteiger partial charge in [-0.3, -0.25) is 14.9 Å². The van der Waals surface area contributed by atoms with Crippen molar-refractivity contribution >= 4 is 17.7 Å². The minimum atomic E-state index is -0.492. The van der Waals surface area contributed by atoms with Crippen LogP contribution in [0, 0.1) is 0 Å². The average Bonchev–Trinajstić information content (AvgIpc) is 2.69. The predicted molar refractivity (Wildman–Crippen MR) is 104 cm³/mol. The minimum Gasteiger partial charge on any atom is -0.369 e. The number of rotatable bonds is 5. The van der Waals surface area contributed by atoms with Crippen molar-refractivity contribution in [3.05, 3.63) is 71.3 Å². The second kappa shape index (κ2) is 8.65. The predicted octanol–water partition coefficient (Wildman–Crippen LogP) is 3.03. The average molecular weight is 351 g/mol. The van der Waals surface area contributed by atoms with Crippen molar-refractivity contribution in [1.82, 2.24) is 10.4 Å². The second-order valence-corrected chi connectivity index (χ2v) is 6.65. The van der Waals surface area contributed by atoms with E-state index in [1.165, 1.54) is 11.3 Å². The molecule has 1 aliphatic heterocycles. The lowest BCUT2D eigenvalue weighted by molar-refractivity contribution is 0.0706. The Morgan fingerprint density at radius 3 is 2.31 bits per heavy atom. The number of benzene rings is 2. The molecule has 5 heteroatoms. The Balaban J connectivity index is 1.53. The summed E-state index contributed by atoms with van der Waals surface area (Å²) in [6.45, 7) is 7.27. The van der Waals surface area contributed by atoms with E-state index in [1.54, 1.807) is 17.6 Å². The lowest BCUT2D eigenvalue weighted by atomic mass is 10.1. The summed E-state index contributed by atoms with van der Waals surface area (Å²) in [5, 5.41) is 8.66. The van der Waals surface area contributed by atoms with E-state index in [1.807, 2.05) is 12.1 Å². The lowest BCUT2D eigenvalue weighted by Gasteiger charge is -2.36. The first-order chi connectivity index (χ1) is 12.7. The summed E-state index contributed by atoms with van der Waals surface area (Å²) in [6, 6.07) is 17.8. The molecule has 1 fully saturated rings. The molecule has 2 aromatic carbocycles. The van der Waals surface area contributed by atoms with Crippen molar-refractivity contribution in [2.24, 2.45) is 0 Å². The summed E-state index contributed by atoms with van der Waals surface area (Å²) < 4.78 is 0. The first-order valence-corrected chi connectivity index (χ1v) is 8.90. The topological polar surface area (TPSA) is 55.8 Å². The van der Waals surface area contributed by atoms with Crippen LogP contribution in [0.5, 0.6) is 0 Å². The van der Waals surface area contributed by atoms with E-state index >= 15 is 0 Å². The molecule has 0 atom stereocenters. The number of hydrogen-bond donors (Lipinski definition) is 2. The number of amides is 1. The molecule has 3 rings (SSSR count). The second-order valence-electron chi connectivity index (χ2n) is 6.65. The highest BCUT2D eigenvalue weighted by Crippen LogP contribution is 2.16.